The van der Waals surface area contributed by atoms with Crippen LogP contribution in [0.3, 0.4) is 0 Å². The van der Waals surface area contributed by atoms with Gasteiger partial charge in [-0.25, -0.2) is 0 Å². The van der Waals surface area contributed by atoms with Gasteiger partial charge in [-0.3, -0.25) is 9.48 Å². The van der Waals surface area contributed by atoms with E-state index in [0.717, 1.165) is 10.4 Å². The van der Waals surface area contributed by atoms with E-state index >= 15 is 0 Å². The Bertz CT molecular complexity index is 554. The minimum absolute atomic E-state index is 0.0642. The number of rotatable bonds is 8. The number of aromatic nitrogens is 2. The van der Waals surface area contributed by atoms with Gasteiger partial charge >= 0.3 is 5.97 Å². The van der Waals surface area contributed by atoms with Crippen LogP contribution in [0.5, 0.6) is 0 Å². The smallest absolute Gasteiger partial charge is 0.307 e. The predicted octanol–water partition coefficient (Wildman–Crippen LogP) is 1.33. The summed E-state index contributed by atoms with van der Waals surface area (Å²) in [6.07, 6.45) is 3.93. The van der Waals surface area contributed by atoms with E-state index in [2.05, 4.69) is 10.4 Å². The standard InChI is InChI=1S/C14H19N3O3S/c1-20-14(19)7-12(13-3-2-6-21-13)15-8-11-9-16-17(10-11)4-5-18/h2-3,6,9-10,12,15,18H,4-5,7-8H2,1H3. The maximum atomic E-state index is 11.5. The molecule has 2 heterocycles. The first-order valence-electron chi connectivity index (χ1n) is 6.68. The quantitative estimate of drug-likeness (QED) is 0.720. The molecule has 1 unspecified atom stereocenters. The van der Waals surface area contributed by atoms with Crippen molar-refractivity contribution in [1.82, 2.24) is 15.1 Å². The second-order valence-electron chi connectivity index (χ2n) is 4.56. The van der Waals surface area contributed by atoms with Gasteiger partial charge in [0.15, 0.2) is 0 Å². The molecule has 0 bridgehead atoms. The summed E-state index contributed by atoms with van der Waals surface area (Å²) in [6, 6.07) is 3.89. The number of nitrogens with zero attached hydrogens (tertiary/aromatic N) is 2. The van der Waals surface area contributed by atoms with Crippen LogP contribution >= 0.6 is 11.3 Å². The third-order valence-corrected chi connectivity index (χ3v) is 4.04. The lowest BCUT2D eigenvalue weighted by atomic mass is 10.1. The van der Waals surface area contributed by atoms with E-state index in [1.165, 1.54) is 7.11 Å². The Morgan fingerprint density at radius 1 is 1.62 bits per heavy atom. The highest BCUT2D eigenvalue weighted by Crippen LogP contribution is 2.22. The van der Waals surface area contributed by atoms with E-state index in [4.69, 9.17) is 9.84 Å². The van der Waals surface area contributed by atoms with E-state index in [0.29, 0.717) is 19.5 Å². The molecule has 0 saturated carbocycles. The third kappa shape index (κ3) is 4.66. The van der Waals surface area contributed by atoms with Gasteiger partial charge in [-0.1, -0.05) is 6.07 Å². The molecule has 7 heteroatoms. The predicted molar refractivity (Wildman–Crippen MR) is 79.8 cm³/mol. The number of methoxy groups -OCH3 is 1. The van der Waals surface area contributed by atoms with Gasteiger partial charge < -0.3 is 15.2 Å². The Labute approximate surface area is 127 Å². The summed E-state index contributed by atoms with van der Waals surface area (Å²) in [7, 11) is 1.40. The SMILES string of the molecule is COC(=O)CC(NCc1cnn(CCO)c1)c1cccs1. The molecule has 21 heavy (non-hydrogen) atoms. The van der Waals surface area contributed by atoms with Gasteiger partial charge in [0.05, 0.1) is 38.9 Å². The Balaban J connectivity index is 1.96. The Morgan fingerprint density at radius 2 is 2.48 bits per heavy atom. The van der Waals surface area contributed by atoms with Crippen molar-refractivity contribution < 1.29 is 14.6 Å². The van der Waals surface area contributed by atoms with Crippen molar-refractivity contribution in [2.45, 2.75) is 25.6 Å². The van der Waals surface area contributed by atoms with E-state index in [-0.39, 0.29) is 18.6 Å². The van der Waals surface area contributed by atoms with Crippen molar-refractivity contribution >= 4 is 17.3 Å². The molecule has 114 valence electrons. The molecular weight excluding hydrogens is 290 g/mol. The number of hydrogen-bond acceptors (Lipinski definition) is 6. The number of esters is 1. The van der Waals surface area contributed by atoms with Gasteiger partial charge in [0.2, 0.25) is 0 Å². The fourth-order valence-corrected chi connectivity index (χ4v) is 2.78. The molecule has 0 fully saturated rings. The number of aliphatic hydroxyl groups excluding tert-OH is 1. The molecule has 2 aromatic heterocycles. The van der Waals surface area contributed by atoms with E-state index < -0.39 is 0 Å². The highest BCUT2D eigenvalue weighted by Gasteiger charge is 2.17. The molecule has 0 aliphatic carbocycles. The zero-order chi connectivity index (χ0) is 15.1. The topological polar surface area (TPSA) is 76.4 Å². The van der Waals surface area contributed by atoms with Crippen LogP contribution < -0.4 is 5.32 Å². The number of carbonyl (C=O) groups is 1. The number of ether oxygens (including phenoxy) is 1. The molecule has 2 rings (SSSR count). The number of aliphatic hydroxyl groups is 1. The molecule has 0 aliphatic heterocycles. The second kappa shape index (κ2) is 7.92. The summed E-state index contributed by atoms with van der Waals surface area (Å²) in [4.78, 5) is 12.6. The summed E-state index contributed by atoms with van der Waals surface area (Å²) < 4.78 is 6.44. The number of thiophene rings is 1. The molecule has 6 nitrogen and oxygen atoms in total. The van der Waals surface area contributed by atoms with Crippen molar-refractivity contribution in [3.63, 3.8) is 0 Å². The average Bonchev–Trinajstić information content (AvgIpc) is 3.15. The molecule has 0 radical (unpaired) electrons. The molecular formula is C14H19N3O3S. The number of hydrogen-bond donors (Lipinski definition) is 2. The Kier molecular flexibility index (Phi) is 5.91. The van der Waals surface area contributed by atoms with E-state index in [1.54, 1.807) is 22.2 Å². The summed E-state index contributed by atoms with van der Waals surface area (Å²) in [5.41, 5.74) is 1.01. The minimum Gasteiger partial charge on any atom is -0.469 e. The molecule has 0 amide bonds. The van der Waals surface area contributed by atoms with Gasteiger partial charge in [-0.2, -0.15) is 5.10 Å². The van der Waals surface area contributed by atoms with Crippen molar-refractivity contribution in [2.75, 3.05) is 13.7 Å². The maximum absolute atomic E-state index is 11.5. The van der Waals surface area contributed by atoms with Gasteiger partial charge in [0.25, 0.3) is 0 Å². The normalized spacial score (nSPS) is 12.3. The van der Waals surface area contributed by atoms with E-state index in [9.17, 15) is 4.79 Å². The van der Waals surface area contributed by atoms with Crippen LogP contribution in [0, 0.1) is 0 Å². The van der Waals surface area contributed by atoms with Crippen LogP contribution in [0.15, 0.2) is 29.9 Å². The average molecular weight is 309 g/mol. The van der Waals surface area contributed by atoms with Gasteiger partial charge in [-0.15, -0.1) is 11.3 Å². The molecule has 2 N–H and O–H groups in total. The molecule has 0 aliphatic rings. The maximum Gasteiger partial charge on any atom is 0.307 e. The lowest BCUT2D eigenvalue weighted by molar-refractivity contribution is -0.141. The van der Waals surface area contributed by atoms with Crippen molar-refractivity contribution in [1.29, 1.82) is 0 Å². The van der Waals surface area contributed by atoms with Crippen LogP contribution in [0.1, 0.15) is 22.9 Å². The Morgan fingerprint density at radius 3 is 3.14 bits per heavy atom. The lowest BCUT2D eigenvalue weighted by Crippen LogP contribution is -2.23. The zero-order valence-electron chi connectivity index (χ0n) is 11.9. The van der Waals surface area contributed by atoms with Gasteiger partial charge in [0.1, 0.15) is 0 Å². The zero-order valence-corrected chi connectivity index (χ0v) is 12.7. The minimum atomic E-state index is -0.239. The lowest BCUT2D eigenvalue weighted by Gasteiger charge is -2.15. The third-order valence-electron chi connectivity index (χ3n) is 3.05. The number of carbonyl (C=O) groups excluding carboxylic acids is 1. The molecule has 2 aromatic rings. The number of nitrogens with one attached hydrogen (secondary N) is 1. The summed E-state index contributed by atoms with van der Waals surface area (Å²) in [5.74, 6) is -0.239. The monoisotopic (exact) mass is 309 g/mol. The second-order valence-corrected chi connectivity index (χ2v) is 5.54. The first kappa shape index (κ1) is 15.7. The highest BCUT2D eigenvalue weighted by atomic mass is 32.1. The Hall–Kier alpha value is -1.70. The first-order chi connectivity index (χ1) is 10.2. The van der Waals surface area contributed by atoms with Crippen molar-refractivity contribution in [3.05, 3.63) is 40.3 Å². The van der Waals surface area contributed by atoms with Gasteiger partial charge in [-0.05, 0) is 11.4 Å². The van der Waals surface area contributed by atoms with Crippen LogP contribution in [-0.2, 0) is 22.6 Å². The van der Waals surface area contributed by atoms with Crippen LogP contribution in [0.25, 0.3) is 0 Å². The summed E-state index contributed by atoms with van der Waals surface area (Å²) in [6.45, 7) is 1.15. The fourth-order valence-electron chi connectivity index (χ4n) is 1.98. The van der Waals surface area contributed by atoms with Crippen LogP contribution in [0.2, 0.25) is 0 Å². The molecule has 0 aromatic carbocycles. The fraction of sp³-hybridized carbons (Fsp3) is 0.429. The van der Waals surface area contributed by atoms with Gasteiger partial charge in [0, 0.05) is 23.2 Å². The highest BCUT2D eigenvalue weighted by molar-refractivity contribution is 7.10. The largest absolute Gasteiger partial charge is 0.469 e. The van der Waals surface area contributed by atoms with Crippen LogP contribution in [0.4, 0.5) is 0 Å². The molecule has 1 atom stereocenters. The van der Waals surface area contributed by atoms with E-state index in [1.807, 2.05) is 23.7 Å². The summed E-state index contributed by atoms with van der Waals surface area (Å²) in [5, 5.41) is 18.4. The molecule has 0 spiro atoms. The van der Waals surface area contributed by atoms with Crippen molar-refractivity contribution in [3.8, 4) is 0 Å². The van der Waals surface area contributed by atoms with Crippen LogP contribution in [-0.4, -0.2) is 34.6 Å². The molecule has 0 saturated heterocycles. The first-order valence-corrected chi connectivity index (χ1v) is 7.56. The summed E-state index contributed by atoms with van der Waals surface area (Å²) >= 11 is 1.61. The van der Waals surface area contributed by atoms with Crippen molar-refractivity contribution in [2.24, 2.45) is 0 Å².